The normalized spacial score (nSPS) is 14.7. The fourth-order valence-corrected chi connectivity index (χ4v) is 4.87. The van der Waals surface area contributed by atoms with Crippen LogP contribution in [0.5, 0.6) is 0 Å². The fraction of sp³-hybridized carbons (Fsp3) is 0.400. The third-order valence-corrected chi connectivity index (χ3v) is 6.63. The topological polar surface area (TPSA) is 67.4 Å². The van der Waals surface area contributed by atoms with E-state index in [1.54, 1.807) is 12.1 Å². The van der Waals surface area contributed by atoms with E-state index in [9.17, 15) is 9.59 Å². The molecule has 9 heteroatoms. The summed E-state index contributed by atoms with van der Waals surface area (Å²) in [5, 5.41) is 6.31. The van der Waals surface area contributed by atoms with E-state index in [1.807, 2.05) is 19.1 Å². The lowest BCUT2D eigenvalue weighted by atomic mass is 9.95. The number of carbonyl (C=O) groups excluding carboxylic acids is 2. The minimum absolute atomic E-state index is 0.394. The first-order valence-electron chi connectivity index (χ1n) is 9.14. The number of alkyl halides is 3. The number of halogens is 3. The first-order valence-corrected chi connectivity index (χ1v) is 11.1. The number of hydrogen-bond donors (Lipinski definition) is 2. The smallest absolute Gasteiger partial charge is 0.341 e. The second kappa shape index (κ2) is 9.13. The molecular formula is C20H21Cl3N2O3S. The van der Waals surface area contributed by atoms with E-state index in [1.165, 1.54) is 18.4 Å². The van der Waals surface area contributed by atoms with Gasteiger partial charge in [0.15, 0.2) is 0 Å². The van der Waals surface area contributed by atoms with Gasteiger partial charge in [0.05, 0.1) is 12.7 Å². The highest BCUT2D eigenvalue weighted by Crippen LogP contribution is 2.40. The van der Waals surface area contributed by atoms with Gasteiger partial charge in [-0.05, 0) is 50.3 Å². The summed E-state index contributed by atoms with van der Waals surface area (Å²) in [5.41, 5.74) is 2.90. The number of aryl methyl sites for hydroxylation is 2. The molecule has 0 aliphatic heterocycles. The first-order chi connectivity index (χ1) is 13.7. The number of nitrogens with one attached hydrogen (secondary N) is 2. The molecule has 1 heterocycles. The molecule has 1 aromatic carbocycles. The van der Waals surface area contributed by atoms with E-state index in [0.29, 0.717) is 16.1 Å². The zero-order chi connectivity index (χ0) is 21.2. The van der Waals surface area contributed by atoms with Crippen LogP contribution < -0.4 is 10.6 Å². The van der Waals surface area contributed by atoms with Crippen molar-refractivity contribution in [2.45, 2.75) is 42.6 Å². The zero-order valence-corrected chi connectivity index (χ0v) is 19.1. The van der Waals surface area contributed by atoms with Gasteiger partial charge in [0.25, 0.3) is 5.91 Å². The van der Waals surface area contributed by atoms with Gasteiger partial charge in [0.1, 0.15) is 11.2 Å². The number of benzene rings is 1. The van der Waals surface area contributed by atoms with Crippen molar-refractivity contribution < 1.29 is 14.3 Å². The molecule has 0 fully saturated rings. The van der Waals surface area contributed by atoms with Crippen LogP contribution >= 0.6 is 46.1 Å². The molecule has 156 valence electrons. The van der Waals surface area contributed by atoms with E-state index in [2.05, 4.69) is 10.6 Å². The van der Waals surface area contributed by atoms with Crippen molar-refractivity contribution in [3.63, 3.8) is 0 Å². The number of amides is 1. The van der Waals surface area contributed by atoms with Crippen molar-refractivity contribution in [1.82, 2.24) is 5.32 Å². The van der Waals surface area contributed by atoms with Crippen molar-refractivity contribution in [3.8, 4) is 0 Å². The van der Waals surface area contributed by atoms with Crippen LogP contribution in [0.25, 0.3) is 0 Å². The highest BCUT2D eigenvalue weighted by atomic mass is 35.6. The summed E-state index contributed by atoms with van der Waals surface area (Å²) < 4.78 is 3.12. The van der Waals surface area contributed by atoms with Crippen LogP contribution in [-0.2, 0) is 17.6 Å². The van der Waals surface area contributed by atoms with Gasteiger partial charge in [-0.15, -0.1) is 11.3 Å². The molecule has 5 nitrogen and oxygen atoms in total. The maximum absolute atomic E-state index is 12.7. The quantitative estimate of drug-likeness (QED) is 0.352. The van der Waals surface area contributed by atoms with Crippen molar-refractivity contribution >= 4 is 63.0 Å². The zero-order valence-electron chi connectivity index (χ0n) is 16.0. The summed E-state index contributed by atoms with van der Waals surface area (Å²) in [6, 6.07) is 7.05. The molecule has 1 aromatic heterocycles. The Morgan fingerprint density at radius 2 is 1.79 bits per heavy atom. The molecule has 1 aliphatic carbocycles. The summed E-state index contributed by atoms with van der Waals surface area (Å²) in [7, 11) is 1.34. The predicted octanol–water partition coefficient (Wildman–Crippen LogP) is 5.26. The number of rotatable bonds is 5. The Bertz CT molecular complexity index is 907. The molecule has 1 unspecified atom stereocenters. The molecule has 1 aliphatic rings. The Hall–Kier alpha value is -1.47. The van der Waals surface area contributed by atoms with Gasteiger partial charge < -0.3 is 15.4 Å². The minimum Gasteiger partial charge on any atom is -0.465 e. The summed E-state index contributed by atoms with van der Waals surface area (Å²) in [5.74, 6) is -0.838. The van der Waals surface area contributed by atoms with E-state index in [4.69, 9.17) is 39.5 Å². The van der Waals surface area contributed by atoms with E-state index >= 15 is 0 Å². The van der Waals surface area contributed by atoms with Crippen molar-refractivity contribution in [2.75, 3.05) is 12.4 Å². The van der Waals surface area contributed by atoms with Crippen LogP contribution in [0.1, 0.15) is 49.6 Å². The summed E-state index contributed by atoms with van der Waals surface area (Å²) >= 11 is 19.9. The highest BCUT2D eigenvalue weighted by Gasteiger charge is 2.36. The molecule has 1 atom stereocenters. The lowest BCUT2D eigenvalue weighted by molar-refractivity contribution is 0.0600. The average Bonchev–Trinajstić information content (AvgIpc) is 3.04. The number of fused-ring (bicyclic) bond motifs is 1. The number of esters is 1. The molecular weight excluding hydrogens is 455 g/mol. The molecule has 3 rings (SSSR count). The third kappa shape index (κ3) is 5.18. The molecule has 0 radical (unpaired) electrons. The maximum Gasteiger partial charge on any atom is 0.341 e. The maximum atomic E-state index is 12.7. The fourth-order valence-electron chi connectivity index (χ4n) is 3.24. The number of carbonyl (C=O) groups is 2. The molecule has 0 bridgehead atoms. The Morgan fingerprint density at radius 1 is 1.14 bits per heavy atom. The van der Waals surface area contributed by atoms with Crippen LogP contribution in [-0.4, -0.2) is 28.9 Å². The van der Waals surface area contributed by atoms with Gasteiger partial charge >= 0.3 is 5.97 Å². The predicted molar refractivity (Wildman–Crippen MR) is 119 cm³/mol. The van der Waals surface area contributed by atoms with Gasteiger partial charge in [0.2, 0.25) is 3.79 Å². The first kappa shape index (κ1) is 22.2. The van der Waals surface area contributed by atoms with E-state index in [0.717, 1.165) is 41.7 Å². The monoisotopic (exact) mass is 474 g/mol. The lowest BCUT2D eigenvalue weighted by Crippen LogP contribution is -2.49. The second-order valence-corrected chi connectivity index (χ2v) is 10.3. The van der Waals surface area contributed by atoms with E-state index < -0.39 is 21.8 Å². The number of methoxy groups -OCH3 is 1. The molecule has 1 amide bonds. The van der Waals surface area contributed by atoms with Crippen LogP contribution in [0.3, 0.4) is 0 Å². The van der Waals surface area contributed by atoms with Crippen LogP contribution in [0.2, 0.25) is 0 Å². The summed E-state index contributed by atoms with van der Waals surface area (Å²) in [6.07, 6.45) is 2.70. The van der Waals surface area contributed by atoms with Crippen molar-refractivity contribution in [1.29, 1.82) is 0 Å². The lowest BCUT2D eigenvalue weighted by Gasteiger charge is -2.27. The Labute approximate surface area is 188 Å². The van der Waals surface area contributed by atoms with Crippen LogP contribution in [0.4, 0.5) is 5.00 Å². The third-order valence-electron chi connectivity index (χ3n) is 4.75. The number of hydrogen-bond acceptors (Lipinski definition) is 5. The minimum atomic E-state index is -1.85. The van der Waals surface area contributed by atoms with Crippen LogP contribution in [0.15, 0.2) is 24.3 Å². The standard InChI is InChI=1S/C20H21Cl3N2O3S/c1-11-7-9-12(10-8-11)16(26)24-19(20(21,22)23)25-17-15(18(27)28-2)13-5-3-4-6-14(13)29-17/h7-10,19,25H,3-6H2,1-2H3,(H,24,26). The Balaban J connectivity index is 1.89. The van der Waals surface area contributed by atoms with Crippen molar-refractivity contribution in [3.05, 3.63) is 51.4 Å². The highest BCUT2D eigenvalue weighted by molar-refractivity contribution is 7.16. The van der Waals surface area contributed by atoms with E-state index in [-0.39, 0.29) is 0 Å². The second-order valence-electron chi connectivity index (χ2n) is 6.87. The average molecular weight is 476 g/mol. The number of ether oxygens (including phenoxy) is 1. The van der Waals surface area contributed by atoms with Gasteiger partial charge in [-0.2, -0.15) is 0 Å². The van der Waals surface area contributed by atoms with Crippen LogP contribution in [0, 0.1) is 6.92 Å². The van der Waals surface area contributed by atoms with Gasteiger partial charge in [-0.25, -0.2) is 4.79 Å². The molecule has 2 aromatic rings. The molecule has 29 heavy (non-hydrogen) atoms. The summed E-state index contributed by atoms with van der Waals surface area (Å²) in [6.45, 7) is 1.93. The number of anilines is 1. The van der Waals surface area contributed by atoms with Crippen molar-refractivity contribution in [2.24, 2.45) is 0 Å². The Kier molecular flexibility index (Phi) is 6.99. The molecule has 0 spiro atoms. The molecule has 2 N–H and O–H groups in total. The molecule has 0 saturated carbocycles. The SMILES string of the molecule is COC(=O)c1c(NC(NC(=O)c2ccc(C)cc2)C(Cl)(Cl)Cl)sc2c1CCCC2. The van der Waals surface area contributed by atoms with Gasteiger partial charge in [-0.1, -0.05) is 52.5 Å². The van der Waals surface area contributed by atoms with Gasteiger partial charge in [0, 0.05) is 10.4 Å². The molecule has 0 saturated heterocycles. The Morgan fingerprint density at radius 3 is 2.41 bits per heavy atom. The summed E-state index contributed by atoms with van der Waals surface area (Å²) in [4.78, 5) is 26.2. The largest absolute Gasteiger partial charge is 0.465 e. The van der Waals surface area contributed by atoms with Gasteiger partial charge in [-0.3, -0.25) is 4.79 Å². The number of thiophene rings is 1.